The van der Waals surface area contributed by atoms with Gasteiger partial charge < -0.3 is 10.4 Å². The number of carbonyl (C=O) groups is 1. The zero-order valence-electron chi connectivity index (χ0n) is 6.19. The normalized spacial score (nSPS) is 19.5. The molecule has 0 radical (unpaired) electrons. The van der Waals surface area contributed by atoms with Gasteiger partial charge in [0.1, 0.15) is 6.67 Å². The van der Waals surface area contributed by atoms with Crippen LogP contribution in [0, 0.1) is 0 Å². The third-order valence-electron chi connectivity index (χ3n) is 1.68. The molecule has 0 atom stereocenters. The summed E-state index contributed by atoms with van der Waals surface area (Å²) >= 11 is 0. The van der Waals surface area contributed by atoms with E-state index in [4.69, 9.17) is 5.11 Å². The number of aliphatic imine (C=N–C) groups is 1. The molecule has 2 N–H and O–H groups in total. The maximum Gasteiger partial charge on any atom is 0.415 e. The van der Waals surface area contributed by atoms with E-state index in [0.717, 1.165) is 16.3 Å². The number of amides is 1. The molecule has 5 heteroatoms. The number of allylic oxidation sites excluding steroid dienone is 1. The van der Waals surface area contributed by atoms with Crippen LogP contribution in [0.4, 0.5) is 4.79 Å². The minimum atomic E-state index is -0.994. The highest BCUT2D eigenvalue weighted by molar-refractivity contribution is 6.10. The van der Waals surface area contributed by atoms with E-state index < -0.39 is 6.09 Å². The van der Waals surface area contributed by atoms with Crippen molar-refractivity contribution in [3.63, 3.8) is 0 Å². The van der Waals surface area contributed by atoms with E-state index in [0.29, 0.717) is 6.67 Å². The third kappa shape index (κ3) is 0.952. The summed E-state index contributed by atoms with van der Waals surface area (Å²) in [7, 11) is 0. The van der Waals surface area contributed by atoms with Crippen LogP contribution < -0.4 is 5.32 Å². The van der Waals surface area contributed by atoms with Gasteiger partial charge in [0.25, 0.3) is 0 Å². The van der Waals surface area contributed by atoms with Crippen LogP contribution in [0.1, 0.15) is 0 Å². The molecule has 0 fully saturated rings. The molecule has 1 amide bonds. The van der Waals surface area contributed by atoms with Gasteiger partial charge in [-0.05, 0) is 6.08 Å². The summed E-state index contributed by atoms with van der Waals surface area (Å²) in [5.74, 6) is 0. The molecule has 62 valence electrons. The monoisotopic (exact) mass is 165 g/mol. The lowest BCUT2D eigenvalue weighted by Crippen LogP contribution is -2.24. The number of carboxylic acid groups (broad SMARTS) is 1. The van der Waals surface area contributed by atoms with Crippen molar-refractivity contribution in [3.8, 4) is 0 Å². The van der Waals surface area contributed by atoms with Crippen LogP contribution in [0.5, 0.6) is 0 Å². The number of hydrogen-bond acceptors (Lipinski definition) is 3. The topological polar surface area (TPSA) is 64.9 Å². The number of fused-ring (bicyclic) bond motifs is 1. The molecule has 12 heavy (non-hydrogen) atoms. The van der Waals surface area contributed by atoms with Crippen molar-refractivity contribution < 1.29 is 9.90 Å². The third-order valence-corrected chi connectivity index (χ3v) is 1.68. The molecule has 0 saturated carbocycles. The summed E-state index contributed by atoms with van der Waals surface area (Å²) < 4.78 is 0. The molecular formula is C7H7N3O2. The lowest BCUT2D eigenvalue weighted by Gasteiger charge is -2.14. The summed E-state index contributed by atoms with van der Waals surface area (Å²) in [4.78, 5) is 15.7. The Kier molecular flexibility index (Phi) is 1.36. The van der Waals surface area contributed by atoms with Gasteiger partial charge in [0.2, 0.25) is 0 Å². The first-order valence-electron chi connectivity index (χ1n) is 3.47. The van der Waals surface area contributed by atoms with Crippen LogP contribution in [0.25, 0.3) is 0 Å². The standard InChI is InChI=1S/C7H7N3O2/c11-7(12)10-2-1-5-6(3-10)9-4-8-5/h1-3,9H,4H2,(H,11,12). The fourth-order valence-electron chi connectivity index (χ4n) is 1.09. The quantitative estimate of drug-likeness (QED) is 0.543. The minimum absolute atomic E-state index is 0.527. The second-order valence-corrected chi connectivity index (χ2v) is 2.43. The van der Waals surface area contributed by atoms with Crippen LogP contribution in [0.2, 0.25) is 0 Å². The molecule has 2 heterocycles. The van der Waals surface area contributed by atoms with Crippen molar-refractivity contribution in [2.45, 2.75) is 0 Å². The SMILES string of the molecule is O=C(O)N1C=CC2=NCNC2=C1. The first kappa shape index (κ1) is 6.90. The van der Waals surface area contributed by atoms with Gasteiger partial charge in [-0.2, -0.15) is 0 Å². The average molecular weight is 165 g/mol. The second kappa shape index (κ2) is 2.37. The van der Waals surface area contributed by atoms with E-state index in [1.807, 2.05) is 0 Å². The minimum Gasteiger partial charge on any atom is -0.464 e. The van der Waals surface area contributed by atoms with E-state index in [1.165, 1.54) is 12.4 Å². The van der Waals surface area contributed by atoms with Gasteiger partial charge in [0, 0.05) is 12.4 Å². The molecule has 0 spiro atoms. The van der Waals surface area contributed by atoms with Gasteiger partial charge in [-0.3, -0.25) is 9.89 Å². The predicted molar refractivity (Wildman–Crippen MR) is 42.5 cm³/mol. The largest absolute Gasteiger partial charge is 0.464 e. The lowest BCUT2D eigenvalue weighted by atomic mass is 10.2. The van der Waals surface area contributed by atoms with Gasteiger partial charge >= 0.3 is 6.09 Å². The lowest BCUT2D eigenvalue weighted by molar-refractivity contribution is 0.175. The summed E-state index contributed by atoms with van der Waals surface area (Å²) in [6.45, 7) is 0.527. The summed E-state index contributed by atoms with van der Waals surface area (Å²) in [5.41, 5.74) is 1.58. The molecule has 0 saturated heterocycles. The van der Waals surface area contributed by atoms with E-state index in [9.17, 15) is 4.79 Å². The van der Waals surface area contributed by atoms with Crippen LogP contribution in [0.3, 0.4) is 0 Å². The number of nitrogens with one attached hydrogen (secondary N) is 1. The van der Waals surface area contributed by atoms with E-state index >= 15 is 0 Å². The van der Waals surface area contributed by atoms with E-state index in [1.54, 1.807) is 6.08 Å². The Morgan fingerprint density at radius 2 is 2.58 bits per heavy atom. The highest BCUT2D eigenvalue weighted by Crippen LogP contribution is 2.11. The Bertz CT molecular complexity index is 317. The van der Waals surface area contributed by atoms with Crippen LogP contribution >= 0.6 is 0 Å². The Hall–Kier alpha value is -1.78. The molecule has 0 unspecified atom stereocenters. The Balaban J connectivity index is 2.28. The van der Waals surface area contributed by atoms with Crippen LogP contribution in [0.15, 0.2) is 29.2 Å². The molecule has 2 rings (SSSR count). The van der Waals surface area contributed by atoms with Crippen LogP contribution in [-0.2, 0) is 0 Å². The number of nitrogens with zero attached hydrogens (tertiary/aromatic N) is 2. The predicted octanol–water partition coefficient (Wildman–Crippen LogP) is 0.337. The van der Waals surface area contributed by atoms with E-state index in [2.05, 4.69) is 10.3 Å². The Labute approximate surface area is 68.7 Å². The van der Waals surface area contributed by atoms with Crippen molar-refractivity contribution in [1.82, 2.24) is 10.2 Å². The average Bonchev–Trinajstić information content (AvgIpc) is 2.49. The highest BCUT2D eigenvalue weighted by Gasteiger charge is 2.17. The molecule has 0 aromatic carbocycles. The second-order valence-electron chi connectivity index (χ2n) is 2.43. The van der Waals surface area contributed by atoms with Crippen molar-refractivity contribution in [2.75, 3.05) is 6.67 Å². The summed E-state index contributed by atoms with van der Waals surface area (Å²) in [6, 6.07) is 0. The van der Waals surface area contributed by atoms with E-state index in [-0.39, 0.29) is 0 Å². The highest BCUT2D eigenvalue weighted by atomic mass is 16.4. The molecule has 0 bridgehead atoms. The number of hydrogen-bond donors (Lipinski definition) is 2. The first-order valence-corrected chi connectivity index (χ1v) is 3.47. The van der Waals surface area contributed by atoms with Crippen molar-refractivity contribution in [2.24, 2.45) is 4.99 Å². The van der Waals surface area contributed by atoms with Crippen molar-refractivity contribution in [1.29, 1.82) is 0 Å². The summed E-state index contributed by atoms with van der Waals surface area (Å²) in [6.07, 6.45) is 3.65. The van der Waals surface area contributed by atoms with Crippen molar-refractivity contribution in [3.05, 3.63) is 24.2 Å². The molecule has 2 aliphatic rings. The Morgan fingerprint density at radius 3 is 3.33 bits per heavy atom. The molecule has 0 aromatic rings. The maximum absolute atomic E-state index is 10.5. The van der Waals surface area contributed by atoms with Crippen LogP contribution in [-0.4, -0.2) is 28.5 Å². The fourth-order valence-corrected chi connectivity index (χ4v) is 1.09. The van der Waals surface area contributed by atoms with Gasteiger partial charge in [0.15, 0.2) is 0 Å². The number of rotatable bonds is 0. The zero-order valence-corrected chi connectivity index (χ0v) is 6.19. The first-order chi connectivity index (χ1) is 5.77. The molecule has 0 aromatic heterocycles. The molecular weight excluding hydrogens is 158 g/mol. The van der Waals surface area contributed by atoms with Crippen molar-refractivity contribution >= 4 is 11.8 Å². The zero-order chi connectivity index (χ0) is 8.55. The van der Waals surface area contributed by atoms with Gasteiger partial charge in [-0.1, -0.05) is 0 Å². The molecule has 2 aliphatic heterocycles. The summed E-state index contributed by atoms with van der Waals surface area (Å²) in [5, 5.41) is 11.6. The van der Waals surface area contributed by atoms with Gasteiger partial charge in [0.05, 0.1) is 11.4 Å². The fraction of sp³-hybridized carbons (Fsp3) is 0.143. The smallest absolute Gasteiger partial charge is 0.415 e. The molecule has 0 aliphatic carbocycles. The Morgan fingerprint density at radius 1 is 1.75 bits per heavy atom. The van der Waals surface area contributed by atoms with Gasteiger partial charge in [-0.15, -0.1) is 0 Å². The molecule has 5 nitrogen and oxygen atoms in total. The maximum atomic E-state index is 10.5. The van der Waals surface area contributed by atoms with Gasteiger partial charge in [-0.25, -0.2) is 4.79 Å².